The molecule has 0 aliphatic heterocycles. The molecule has 0 amide bonds. The summed E-state index contributed by atoms with van der Waals surface area (Å²) < 4.78 is 0. The zero-order valence-corrected chi connectivity index (χ0v) is 9.09. The summed E-state index contributed by atoms with van der Waals surface area (Å²) in [4.78, 5) is 4.29. The van der Waals surface area contributed by atoms with Gasteiger partial charge in [0.2, 0.25) is 0 Å². The van der Waals surface area contributed by atoms with Gasteiger partial charge in [0.25, 0.3) is 0 Å². The van der Waals surface area contributed by atoms with Crippen LogP contribution >= 0.6 is 0 Å². The topological polar surface area (TPSA) is 12.4 Å². The van der Waals surface area contributed by atoms with E-state index in [0.29, 0.717) is 5.41 Å². The van der Waals surface area contributed by atoms with Crippen LogP contribution in [0.15, 0.2) is 28.3 Å². The highest BCUT2D eigenvalue weighted by Crippen LogP contribution is 2.32. The molecule has 0 saturated heterocycles. The van der Waals surface area contributed by atoms with Crippen molar-refractivity contribution in [3.8, 4) is 0 Å². The molecule has 0 aromatic rings. The van der Waals surface area contributed by atoms with E-state index in [2.05, 4.69) is 44.8 Å². The van der Waals surface area contributed by atoms with Crippen LogP contribution in [-0.4, -0.2) is 12.8 Å². The summed E-state index contributed by atoms with van der Waals surface area (Å²) in [6.45, 7) is 9.62. The van der Waals surface area contributed by atoms with E-state index in [1.54, 1.807) is 0 Å². The summed E-state index contributed by atoms with van der Waals surface area (Å²) in [6.07, 6.45) is 7.63. The van der Waals surface area contributed by atoms with Gasteiger partial charge < -0.3 is 0 Å². The Morgan fingerprint density at radius 1 is 1.54 bits per heavy atom. The van der Waals surface area contributed by atoms with Gasteiger partial charge in [0.15, 0.2) is 0 Å². The molecule has 0 spiro atoms. The second-order valence-corrected chi connectivity index (χ2v) is 4.33. The standard InChI is InChI=1S/C12H19N/c1-5-13-9-11-8-12(3,4)7-6-10(11)2/h6-7,9H,5,8H2,1-4H3. The van der Waals surface area contributed by atoms with Crippen LogP contribution in [0, 0.1) is 5.41 Å². The lowest BCUT2D eigenvalue weighted by Gasteiger charge is -2.25. The summed E-state index contributed by atoms with van der Waals surface area (Å²) in [5.41, 5.74) is 3.04. The van der Waals surface area contributed by atoms with Crippen LogP contribution in [0.5, 0.6) is 0 Å². The van der Waals surface area contributed by atoms with Gasteiger partial charge in [-0.3, -0.25) is 4.99 Å². The van der Waals surface area contributed by atoms with Gasteiger partial charge in [-0.2, -0.15) is 0 Å². The van der Waals surface area contributed by atoms with Crippen LogP contribution in [0.2, 0.25) is 0 Å². The van der Waals surface area contributed by atoms with E-state index in [9.17, 15) is 0 Å². The van der Waals surface area contributed by atoms with Gasteiger partial charge in [-0.05, 0) is 36.8 Å². The molecule has 1 heteroatoms. The summed E-state index contributed by atoms with van der Waals surface area (Å²) in [7, 11) is 0. The largest absolute Gasteiger partial charge is 0.293 e. The van der Waals surface area contributed by atoms with Gasteiger partial charge in [0.1, 0.15) is 0 Å². The average molecular weight is 177 g/mol. The van der Waals surface area contributed by atoms with Crippen molar-refractivity contribution in [1.82, 2.24) is 0 Å². The normalized spacial score (nSPS) is 21.5. The molecular formula is C12H19N. The molecule has 0 saturated carbocycles. The van der Waals surface area contributed by atoms with Crippen molar-refractivity contribution in [3.63, 3.8) is 0 Å². The van der Waals surface area contributed by atoms with E-state index < -0.39 is 0 Å². The molecule has 13 heavy (non-hydrogen) atoms. The molecule has 0 aromatic carbocycles. The van der Waals surface area contributed by atoms with Gasteiger partial charge in [-0.25, -0.2) is 0 Å². The molecule has 0 heterocycles. The first kappa shape index (κ1) is 10.2. The molecule has 1 aliphatic carbocycles. The van der Waals surface area contributed by atoms with Crippen molar-refractivity contribution in [1.29, 1.82) is 0 Å². The fourth-order valence-electron chi connectivity index (χ4n) is 1.50. The van der Waals surface area contributed by atoms with Crippen molar-refractivity contribution in [3.05, 3.63) is 23.3 Å². The summed E-state index contributed by atoms with van der Waals surface area (Å²) in [6, 6.07) is 0. The van der Waals surface area contributed by atoms with Crippen molar-refractivity contribution in [2.75, 3.05) is 6.54 Å². The quantitative estimate of drug-likeness (QED) is 0.573. The second-order valence-electron chi connectivity index (χ2n) is 4.33. The Labute approximate surface area is 81.3 Å². The Balaban J connectivity index is 2.82. The zero-order valence-electron chi connectivity index (χ0n) is 9.09. The van der Waals surface area contributed by atoms with Gasteiger partial charge in [-0.15, -0.1) is 0 Å². The Kier molecular flexibility index (Phi) is 3.07. The van der Waals surface area contributed by atoms with Gasteiger partial charge >= 0.3 is 0 Å². The molecule has 0 aromatic heterocycles. The van der Waals surface area contributed by atoms with Crippen molar-refractivity contribution in [2.24, 2.45) is 10.4 Å². The smallest absolute Gasteiger partial charge is 0.0361 e. The number of aliphatic imine (C=N–C) groups is 1. The van der Waals surface area contributed by atoms with Gasteiger partial charge in [0.05, 0.1) is 0 Å². The Morgan fingerprint density at radius 2 is 2.23 bits per heavy atom. The number of rotatable bonds is 2. The molecule has 0 bridgehead atoms. The number of hydrogen-bond donors (Lipinski definition) is 0. The minimum Gasteiger partial charge on any atom is -0.293 e. The summed E-state index contributed by atoms with van der Waals surface area (Å²) >= 11 is 0. The maximum absolute atomic E-state index is 4.29. The first-order valence-corrected chi connectivity index (χ1v) is 4.94. The highest BCUT2D eigenvalue weighted by molar-refractivity contribution is 5.81. The van der Waals surface area contributed by atoms with Crippen LogP contribution in [0.3, 0.4) is 0 Å². The fourth-order valence-corrected chi connectivity index (χ4v) is 1.50. The Morgan fingerprint density at radius 3 is 2.85 bits per heavy atom. The van der Waals surface area contributed by atoms with E-state index >= 15 is 0 Å². The zero-order chi connectivity index (χ0) is 9.90. The van der Waals surface area contributed by atoms with Gasteiger partial charge in [-0.1, -0.05) is 26.0 Å². The van der Waals surface area contributed by atoms with Crippen LogP contribution in [0.1, 0.15) is 34.1 Å². The first-order chi connectivity index (χ1) is 6.05. The third kappa shape index (κ3) is 2.83. The van der Waals surface area contributed by atoms with Crippen LogP contribution in [0.25, 0.3) is 0 Å². The van der Waals surface area contributed by atoms with E-state index in [1.165, 1.54) is 11.1 Å². The van der Waals surface area contributed by atoms with Crippen molar-refractivity contribution < 1.29 is 0 Å². The predicted molar refractivity (Wildman–Crippen MR) is 59.3 cm³/mol. The van der Waals surface area contributed by atoms with Crippen LogP contribution < -0.4 is 0 Å². The molecule has 0 unspecified atom stereocenters. The Bertz CT molecular complexity index is 267. The highest BCUT2D eigenvalue weighted by atomic mass is 14.7. The van der Waals surface area contributed by atoms with Crippen molar-refractivity contribution in [2.45, 2.75) is 34.1 Å². The average Bonchev–Trinajstić information content (AvgIpc) is 2.07. The summed E-state index contributed by atoms with van der Waals surface area (Å²) in [5, 5.41) is 0. The van der Waals surface area contributed by atoms with E-state index in [-0.39, 0.29) is 0 Å². The first-order valence-electron chi connectivity index (χ1n) is 4.94. The molecule has 0 radical (unpaired) electrons. The number of allylic oxidation sites excluding steroid dienone is 4. The van der Waals surface area contributed by atoms with Crippen molar-refractivity contribution >= 4 is 6.21 Å². The third-order valence-electron chi connectivity index (χ3n) is 2.37. The SMILES string of the molecule is CCN=CC1=C(C)C=CC(C)(C)C1. The lowest BCUT2D eigenvalue weighted by molar-refractivity contribution is 0.475. The molecule has 1 nitrogen and oxygen atoms in total. The molecule has 0 atom stereocenters. The lowest BCUT2D eigenvalue weighted by Crippen LogP contribution is -2.13. The van der Waals surface area contributed by atoms with Gasteiger partial charge in [0, 0.05) is 12.8 Å². The molecule has 0 fully saturated rings. The summed E-state index contributed by atoms with van der Waals surface area (Å²) in [5.74, 6) is 0. The van der Waals surface area contributed by atoms with E-state index in [1.807, 2.05) is 6.21 Å². The van der Waals surface area contributed by atoms with Crippen LogP contribution in [-0.2, 0) is 0 Å². The second kappa shape index (κ2) is 3.91. The molecule has 72 valence electrons. The number of nitrogens with zero attached hydrogens (tertiary/aromatic N) is 1. The molecule has 0 N–H and O–H groups in total. The minimum atomic E-state index is 0.300. The highest BCUT2D eigenvalue weighted by Gasteiger charge is 2.19. The maximum Gasteiger partial charge on any atom is 0.0361 e. The van der Waals surface area contributed by atoms with E-state index in [0.717, 1.165) is 13.0 Å². The monoisotopic (exact) mass is 177 g/mol. The lowest BCUT2D eigenvalue weighted by atomic mass is 9.80. The molecular weight excluding hydrogens is 158 g/mol. The predicted octanol–water partition coefficient (Wildman–Crippen LogP) is 3.38. The minimum absolute atomic E-state index is 0.300. The third-order valence-corrected chi connectivity index (χ3v) is 2.37. The molecule has 1 aliphatic rings. The van der Waals surface area contributed by atoms with Crippen LogP contribution in [0.4, 0.5) is 0 Å². The fraction of sp³-hybridized carbons (Fsp3) is 0.583. The van der Waals surface area contributed by atoms with E-state index in [4.69, 9.17) is 0 Å². The number of hydrogen-bond acceptors (Lipinski definition) is 1. The maximum atomic E-state index is 4.29. The Hall–Kier alpha value is -0.850. The molecule has 1 rings (SSSR count).